The summed E-state index contributed by atoms with van der Waals surface area (Å²) >= 11 is 1.77. The van der Waals surface area contributed by atoms with Crippen molar-refractivity contribution >= 4 is 21.4 Å². The van der Waals surface area contributed by atoms with Gasteiger partial charge in [0.15, 0.2) is 0 Å². The van der Waals surface area contributed by atoms with Crippen molar-refractivity contribution in [3.05, 3.63) is 34.7 Å². The first-order valence-corrected chi connectivity index (χ1v) is 5.63. The van der Waals surface area contributed by atoms with Crippen LogP contribution in [0.3, 0.4) is 0 Å². The summed E-state index contributed by atoms with van der Waals surface area (Å²) in [6.45, 7) is 6.22. The Bertz CT molecular complexity index is 463. The first kappa shape index (κ1) is 9.69. The summed E-state index contributed by atoms with van der Waals surface area (Å²) in [5.74, 6) is 0. The highest BCUT2D eigenvalue weighted by molar-refractivity contribution is 7.17. The fourth-order valence-corrected chi connectivity index (χ4v) is 2.76. The highest BCUT2D eigenvalue weighted by Crippen LogP contribution is 2.32. The summed E-state index contributed by atoms with van der Waals surface area (Å²) in [5.41, 5.74) is 8.42. The van der Waals surface area contributed by atoms with Gasteiger partial charge in [-0.15, -0.1) is 11.3 Å². The zero-order valence-electron chi connectivity index (χ0n) is 8.79. The van der Waals surface area contributed by atoms with Crippen LogP contribution in [0.2, 0.25) is 0 Å². The van der Waals surface area contributed by atoms with Crippen LogP contribution in [-0.2, 0) is 5.54 Å². The molecule has 0 atom stereocenters. The van der Waals surface area contributed by atoms with E-state index in [1.54, 1.807) is 11.3 Å². The van der Waals surface area contributed by atoms with Gasteiger partial charge in [-0.2, -0.15) is 0 Å². The van der Waals surface area contributed by atoms with E-state index in [0.29, 0.717) is 0 Å². The van der Waals surface area contributed by atoms with E-state index < -0.39 is 0 Å². The average Bonchev–Trinajstić information content (AvgIpc) is 2.45. The molecule has 2 heteroatoms. The van der Waals surface area contributed by atoms with E-state index in [-0.39, 0.29) is 5.54 Å². The minimum absolute atomic E-state index is 0.244. The molecule has 1 nitrogen and oxygen atoms in total. The minimum atomic E-state index is -0.244. The molecule has 0 saturated carbocycles. The molecule has 0 fully saturated rings. The molecule has 0 aliphatic carbocycles. The second kappa shape index (κ2) is 3.07. The van der Waals surface area contributed by atoms with Gasteiger partial charge in [0.1, 0.15) is 0 Å². The normalized spacial score (nSPS) is 12.3. The molecule has 0 radical (unpaired) electrons. The molecule has 1 aromatic heterocycles. The molecule has 0 aliphatic heterocycles. The quantitative estimate of drug-likeness (QED) is 0.758. The zero-order chi connectivity index (χ0) is 10.3. The van der Waals surface area contributed by atoms with Crippen LogP contribution in [0.5, 0.6) is 0 Å². The standard InChI is InChI=1S/C12H15NS/c1-8-4-5-11-9(6-8)10(7-14-11)12(2,3)13/h4-7H,13H2,1-3H3. The molecule has 0 unspecified atom stereocenters. The second-order valence-corrected chi connectivity index (χ2v) is 5.28. The molecule has 1 heterocycles. The average molecular weight is 205 g/mol. The molecule has 2 aromatic rings. The molecule has 0 aliphatic rings. The van der Waals surface area contributed by atoms with Crippen molar-refractivity contribution in [3.8, 4) is 0 Å². The van der Waals surface area contributed by atoms with E-state index in [1.807, 2.05) is 0 Å². The monoisotopic (exact) mass is 205 g/mol. The Morgan fingerprint density at radius 2 is 2.00 bits per heavy atom. The van der Waals surface area contributed by atoms with Gasteiger partial charge < -0.3 is 5.73 Å². The molecule has 74 valence electrons. The van der Waals surface area contributed by atoms with Gasteiger partial charge >= 0.3 is 0 Å². The lowest BCUT2D eigenvalue weighted by atomic mass is 9.95. The van der Waals surface area contributed by atoms with E-state index in [0.717, 1.165) is 0 Å². The Morgan fingerprint density at radius 3 is 2.64 bits per heavy atom. The Hall–Kier alpha value is -0.860. The maximum atomic E-state index is 6.12. The number of fused-ring (bicyclic) bond motifs is 1. The van der Waals surface area contributed by atoms with E-state index in [4.69, 9.17) is 5.73 Å². The maximum absolute atomic E-state index is 6.12. The molecule has 0 bridgehead atoms. The van der Waals surface area contributed by atoms with Crippen LogP contribution in [0.1, 0.15) is 25.0 Å². The van der Waals surface area contributed by atoms with E-state index in [1.165, 1.54) is 21.2 Å². The molecule has 2 N–H and O–H groups in total. The third-order valence-corrected chi connectivity index (χ3v) is 3.39. The number of thiophene rings is 1. The number of hydrogen-bond acceptors (Lipinski definition) is 2. The van der Waals surface area contributed by atoms with Gasteiger partial charge in [-0.3, -0.25) is 0 Å². The number of aryl methyl sites for hydroxylation is 1. The van der Waals surface area contributed by atoms with Gasteiger partial charge in [-0.05, 0) is 43.2 Å². The molecular weight excluding hydrogens is 190 g/mol. The second-order valence-electron chi connectivity index (χ2n) is 4.37. The summed E-state index contributed by atoms with van der Waals surface area (Å²) in [6.07, 6.45) is 0. The van der Waals surface area contributed by atoms with E-state index in [9.17, 15) is 0 Å². The van der Waals surface area contributed by atoms with E-state index >= 15 is 0 Å². The minimum Gasteiger partial charge on any atom is -0.322 e. The Morgan fingerprint density at radius 1 is 1.29 bits per heavy atom. The van der Waals surface area contributed by atoms with Crippen LogP contribution in [-0.4, -0.2) is 0 Å². The smallest absolute Gasteiger partial charge is 0.0366 e. The van der Waals surface area contributed by atoms with E-state index in [2.05, 4.69) is 44.4 Å². The topological polar surface area (TPSA) is 26.0 Å². The van der Waals surface area contributed by atoms with Crippen molar-refractivity contribution in [1.82, 2.24) is 0 Å². The molecule has 0 spiro atoms. The third-order valence-electron chi connectivity index (χ3n) is 2.42. The molecule has 14 heavy (non-hydrogen) atoms. The zero-order valence-corrected chi connectivity index (χ0v) is 9.61. The lowest BCUT2D eigenvalue weighted by Gasteiger charge is -2.17. The molecule has 0 saturated heterocycles. The fourth-order valence-electron chi connectivity index (χ4n) is 1.64. The largest absolute Gasteiger partial charge is 0.322 e. The van der Waals surface area contributed by atoms with Crippen LogP contribution in [0.25, 0.3) is 10.1 Å². The number of hydrogen-bond donors (Lipinski definition) is 1. The van der Waals surface area contributed by atoms with Crippen LogP contribution in [0, 0.1) is 6.92 Å². The predicted molar refractivity (Wildman–Crippen MR) is 63.8 cm³/mol. The highest BCUT2D eigenvalue weighted by Gasteiger charge is 2.18. The van der Waals surface area contributed by atoms with Crippen molar-refractivity contribution in [2.45, 2.75) is 26.3 Å². The predicted octanol–water partition coefficient (Wildman–Crippen LogP) is 3.40. The van der Waals surface area contributed by atoms with Crippen molar-refractivity contribution in [3.63, 3.8) is 0 Å². The van der Waals surface area contributed by atoms with Crippen LogP contribution >= 0.6 is 11.3 Å². The molecule has 0 amide bonds. The Labute approximate surface area is 88.6 Å². The summed E-state index contributed by atoms with van der Waals surface area (Å²) < 4.78 is 1.32. The first-order valence-electron chi connectivity index (χ1n) is 4.76. The summed E-state index contributed by atoms with van der Waals surface area (Å²) in [7, 11) is 0. The number of rotatable bonds is 1. The van der Waals surface area contributed by atoms with Crippen LogP contribution in [0.4, 0.5) is 0 Å². The van der Waals surface area contributed by atoms with Gasteiger partial charge in [-0.25, -0.2) is 0 Å². The van der Waals surface area contributed by atoms with Gasteiger partial charge in [0, 0.05) is 10.2 Å². The lowest BCUT2D eigenvalue weighted by molar-refractivity contribution is 0.561. The van der Waals surface area contributed by atoms with Gasteiger partial charge in [-0.1, -0.05) is 17.7 Å². The van der Waals surface area contributed by atoms with Crippen molar-refractivity contribution < 1.29 is 0 Å². The molecule has 2 rings (SSSR count). The Kier molecular flexibility index (Phi) is 2.13. The third kappa shape index (κ3) is 1.56. The SMILES string of the molecule is Cc1ccc2scc(C(C)(C)N)c2c1. The van der Waals surface area contributed by atoms with Crippen LogP contribution < -0.4 is 5.73 Å². The van der Waals surface area contributed by atoms with Gasteiger partial charge in [0.2, 0.25) is 0 Å². The van der Waals surface area contributed by atoms with Crippen molar-refractivity contribution in [2.75, 3.05) is 0 Å². The van der Waals surface area contributed by atoms with Gasteiger partial charge in [0.05, 0.1) is 0 Å². The summed E-state index contributed by atoms with van der Waals surface area (Å²) in [6, 6.07) is 6.53. The van der Waals surface area contributed by atoms with Crippen molar-refractivity contribution in [2.24, 2.45) is 5.73 Å². The number of nitrogens with two attached hydrogens (primary N) is 1. The van der Waals surface area contributed by atoms with Gasteiger partial charge in [0.25, 0.3) is 0 Å². The highest BCUT2D eigenvalue weighted by atomic mass is 32.1. The first-order chi connectivity index (χ1) is 6.48. The Balaban J connectivity index is 2.73. The summed E-state index contributed by atoms with van der Waals surface area (Å²) in [4.78, 5) is 0. The molecular formula is C12H15NS. The summed E-state index contributed by atoms with van der Waals surface area (Å²) in [5, 5.41) is 3.48. The van der Waals surface area contributed by atoms with Crippen molar-refractivity contribution in [1.29, 1.82) is 0 Å². The fraction of sp³-hybridized carbons (Fsp3) is 0.333. The molecule has 1 aromatic carbocycles. The lowest BCUT2D eigenvalue weighted by Crippen LogP contribution is -2.28. The maximum Gasteiger partial charge on any atom is 0.0366 e. The van der Waals surface area contributed by atoms with Crippen LogP contribution in [0.15, 0.2) is 23.6 Å². The number of benzene rings is 1.